The van der Waals surface area contributed by atoms with Gasteiger partial charge in [-0.25, -0.2) is 4.98 Å². The number of aromatic nitrogens is 4. The number of nitrogens with one attached hydrogen (secondary N) is 1. The Morgan fingerprint density at radius 1 is 1.07 bits per heavy atom. The van der Waals surface area contributed by atoms with Gasteiger partial charge in [0.15, 0.2) is 5.65 Å². The molecule has 2 aromatic carbocycles. The molecule has 6 nitrogen and oxygen atoms in total. The number of nitrogens with zero attached hydrogens (tertiary/aromatic N) is 3. The van der Waals surface area contributed by atoms with Gasteiger partial charge in [-0.1, -0.05) is 12.1 Å². The average molecular weight is 417 g/mol. The summed E-state index contributed by atoms with van der Waals surface area (Å²) in [4.78, 5) is 18.6. The number of H-pyrrole nitrogens is 1. The molecule has 3 N–H and O–H groups in total. The number of hydrogen-bond donors (Lipinski definition) is 2. The Hall–Kier alpha value is -3.27. The maximum Gasteiger partial charge on any atom is 0.416 e. The SMILES string of the molecule is CSc1ccc(-c2nc3n[nH]c(N)c3c(=O)n2-c2ccc(C(F)(F)F)cc2)cc1. The molecule has 0 saturated carbocycles. The van der Waals surface area contributed by atoms with Crippen molar-refractivity contribution in [2.45, 2.75) is 11.1 Å². The highest BCUT2D eigenvalue weighted by atomic mass is 32.2. The van der Waals surface area contributed by atoms with Gasteiger partial charge < -0.3 is 5.73 Å². The first-order valence-electron chi connectivity index (χ1n) is 8.38. The number of thioether (sulfide) groups is 1. The van der Waals surface area contributed by atoms with Crippen LogP contribution in [0.1, 0.15) is 5.56 Å². The molecule has 148 valence electrons. The molecular weight excluding hydrogens is 403 g/mol. The molecule has 10 heteroatoms. The van der Waals surface area contributed by atoms with Crippen molar-refractivity contribution in [3.63, 3.8) is 0 Å². The minimum atomic E-state index is -4.48. The minimum absolute atomic E-state index is 0.0439. The van der Waals surface area contributed by atoms with Crippen LogP contribution in [0.5, 0.6) is 0 Å². The molecule has 2 aromatic heterocycles. The summed E-state index contributed by atoms with van der Waals surface area (Å²) < 4.78 is 40.0. The van der Waals surface area contributed by atoms with E-state index in [1.165, 1.54) is 16.7 Å². The van der Waals surface area contributed by atoms with E-state index in [-0.39, 0.29) is 28.4 Å². The molecule has 0 fully saturated rings. The van der Waals surface area contributed by atoms with Crippen LogP contribution in [0, 0.1) is 0 Å². The molecule has 0 radical (unpaired) electrons. The fourth-order valence-electron chi connectivity index (χ4n) is 2.97. The fraction of sp³-hybridized carbons (Fsp3) is 0.105. The van der Waals surface area contributed by atoms with E-state index in [1.54, 1.807) is 23.9 Å². The van der Waals surface area contributed by atoms with Crippen LogP contribution >= 0.6 is 11.8 Å². The zero-order valence-electron chi connectivity index (χ0n) is 15.0. The highest BCUT2D eigenvalue weighted by Gasteiger charge is 2.30. The lowest BCUT2D eigenvalue weighted by molar-refractivity contribution is -0.137. The maximum absolute atomic E-state index is 13.2. The second-order valence-electron chi connectivity index (χ2n) is 6.18. The van der Waals surface area contributed by atoms with Crippen LogP contribution in [-0.4, -0.2) is 26.0 Å². The summed E-state index contributed by atoms with van der Waals surface area (Å²) >= 11 is 1.56. The largest absolute Gasteiger partial charge is 0.416 e. The summed E-state index contributed by atoms with van der Waals surface area (Å²) in [5.41, 5.74) is 5.47. The Kier molecular flexibility index (Phi) is 4.58. The molecule has 0 aliphatic rings. The van der Waals surface area contributed by atoms with Crippen LogP contribution < -0.4 is 11.3 Å². The molecule has 0 atom stereocenters. The van der Waals surface area contributed by atoms with Crippen LogP contribution in [0.2, 0.25) is 0 Å². The number of hydrogen-bond acceptors (Lipinski definition) is 5. The number of rotatable bonds is 3. The quantitative estimate of drug-likeness (QED) is 0.490. The molecule has 4 rings (SSSR count). The van der Waals surface area contributed by atoms with Gasteiger partial charge in [-0.3, -0.25) is 14.5 Å². The van der Waals surface area contributed by atoms with E-state index in [9.17, 15) is 18.0 Å². The number of fused-ring (bicyclic) bond motifs is 1. The van der Waals surface area contributed by atoms with Crippen molar-refractivity contribution in [1.29, 1.82) is 0 Å². The third-order valence-electron chi connectivity index (χ3n) is 4.42. The molecule has 4 aromatic rings. The minimum Gasteiger partial charge on any atom is -0.383 e. The summed E-state index contributed by atoms with van der Waals surface area (Å²) in [7, 11) is 0. The van der Waals surface area contributed by atoms with Crippen LogP contribution in [0.3, 0.4) is 0 Å². The van der Waals surface area contributed by atoms with E-state index < -0.39 is 17.3 Å². The van der Waals surface area contributed by atoms with Gasteiger partial charge >= 0.3 is 6.18 Å². The molecular formula is C19H14F3N5OS. The van der Waals surface area contributed by atoms with E-state index in [1.807, 2.05) is 18.4 Å². The lowest BCUT2D eigenvalue weighted by atomic mass is 10.1. The first-order valence-corrected chi connectivity index (χ1v) is 9.60. The Balaban J connectivity index is 1.98. The molecule has 0 aliphatic carbocycles. The predicted octanol–water partition coefficient (Wildman–Crippen LogP) is 4.10. The highest BCUT2D eigenvalue weighted by molar-refractivity contribution is 7.98. The molecule has 29 heavy (non-hydrogen) atoms. The lowest BCUT2D eigenvalue weighted by Gasteiger charge is -2.14. The average Bonchev–Trinajstić information content (AvgIpc) is 3.08. The topological polar surface area (TPSA) is 89.6 Å². The number of halogens is 3. The number of benzene rings is 2. The number of nitrogen functional groups attached to an aromatic ring is 1. The van der Waals surface area contributed by atoms with Gasteiger partial charge in [-0.05, 0) is 42.7 Å². The van der Waals surface area contributed by atoms with E-state index in [4.69, 9.17) is 5.73 Å². The second-order valence-corrected chi connectivity index (χ2v) is 7.06. The van der Waals surface area contributed by atoms with Gasteiger partial charge in [-0.15, -0.1) is 11.8 Å². The standard InChI is InChI=1S/C19H14F3N5OS/c1-29-13-8-2-10(3-9-13)17-24-16-14(15(23)25-26-16)18(28)27(17)12-6-4-11(5-7-12)19(20,21)22/h2-9H,1H3,(H3,23,25,26). The number of aromatic amines is 1. The summed E-state index contributed by atoms with van der Waals surface area (Å²) in [6, 6.07) is 11.6. The lowest BCUT2D eigenvalue weighted by Crippen LogP contribution is -2.22. The molecule has 0 amide bonds. The Morgan fingerprint density at radius 2 is 1.72 bits per heavy atom. The van der Waals surface area contributed by atoms with Crippen molar-refractivity contribution >= 4 is 28.6 Å². The number of alkyl halides is 3. The third kappa shape index (κ3) is 3.35. The van der Waals surface area contributed by atoms with Crippen molar-refractivity contribution in [3.05, 3.63) is 64.4 Å². The molecule has 0 unspecified atom stereocenters. The van der Waals surface area contributed by atoms with Crippen molar-refractivity contribution in [2.75, 3.05) is 12.0 Å². The summed E-state index contributed by atoms with van der Waals surface area (Å²) in [5, 5.41) is 6.55. The molecule has 2 heterocycles. The molecule has 0 bridgehead atoms. The zero-order valence-corrected chi connectivity index (χ0v) is 15.8. The van der Waals surface area contributed by atoms with Crippen LogP contribution in [0.25, 0.3) is 28.1 Å². The Bertz CT molecular complexity index is 1240. The monoisotopic (exact) mass is 417 g/mol. The van der Waals surface area contributed by atoms with Gasteiger partial charge in [0.25, 0.3) is 5.56 Å². The molecule has 0 saturated heterocycles. The smallest absolute Gasteiger partial charge is 0.383 e. The maximum atomic E-state index is 13.2. The summed E-state index contributed by atoms with van der Waals surface area (Å²) in [6.07, 6.45) is -2.54. The van der Waals surface area contributed by atoms with Crippen molar-refractivity contribution in [2.24, 2.45) is 0 Å². The van der Waals surface area contributed by atoms with Gasteiger partial charge in [0.2, 0.25) is 0 Å². The molecule has 0 aliphatic heterocycles. The first-order chi connectivity index (χ1) is 13.8. The third-order valence-corrected chi connectivity index (χ3v) is 5.16. The van der Waals surface area contributed by atoms with Crippen molar-refractivity contribution < 1.29 is 13.2 Å². The zero-order chi connectivity index (χ0) is 20.8. The van der Waals surface area contributed by atoms with E-state index in [0.29, 0.717) is 5.56 Å². The number of anilines is 1. The number of nitrogens with two attached hydrogens (primary N) is 1. The Labute approximate surface area is 166 Å². The van der Waals surface area contributed by atoms with Crippen molar-refractivity contribution in [3.8, 4) is 17.1 Å². The molecule has 0 spiro atoms. The van der Waals surface area contributed by atoms with Gasteiger partial charge in [0, 0.05) is 10.5 Å². The van der Waals surface area contributed by atoms with Crippen molar-refractivity contribution in [1.82, 2.24) is 19.7 Å². The summed E-state index contributed by atoms with van der Waals surface area (Å²) in [6.45, 7) is 0. The normalized spacial score (nSPS) is 11.9. The van der Waals surface area contributed by atoms with Crippen LogP contribution in [-0.2, 0) is 6.18 Å². The van der Waals surface area contributed by atoms with E-state index in [2.05, 4.69) is 15.2 Å². The van der Waals surface area contributed by atoms with E-state index in [0.717, 1.165) is 17.0 Å². The van der Waals surface area contributed by atoms with Crippen LogP contribution in [0.15, 0.2) is 58.2 Å². The van der Waals surface area contributed by atoms with Crippen LogP contribution in [0.4, 0.5) is 19.0 Å². The van der Waals surface area contributed by atoms with Gasteiger partial charge in [0.05, 0.1) is 11.3 Å². The fourth-order valence-corrected chi connectivity index (χ4v) is 3.38. The van der Waals surface area contributed by atoms with Gasteiger partial charge in [-0.2, -0.15) is 18.3 Å². The first kappa shape index (κ1) is 19.1. The van der Waals surface area contributed by atoms with Gasteiger partial charge in [0.1, 0.15) is 17.0 Å². The Morgan fingerprint density at radius 3 is 2.31 bits per heavy atom. The summed E-state index contributed by atoms with van der Waals surface area (Å²) in [5.74, 6) is 0.295. The highest BCUT2D eigenvalue weighted by Crippen LogP contribution is 2.30. The second kappa shape index (κ2) is 6.96. The predicted molar refractivity (Wildman–Crippen MR) is 106 cm³/mol. The van der Waals surface area contributed by atoms with E-state index >= 15 is 0 Å².